The van der Waals surface area contributed by atoms with E-state index in [1.54, 1.807) is 0 Å². The molecule has 0 saturated carbocycles. The summed E-state index contributed by atoms with van der Waals surface area (Å²) >= 11 is 0. The Morgan fingerprint density at radius 3 is 3.11 bits per heavy atom. The van der Waals surface area contributed by atoms with Crippen molar-refractivity contribution in [2.24, 2.45) is 0 Å². The van der Waals surface area contributed by atoms with Gasteiger partial charge in [-0.05, 0) is 25.5 Å². The second-order valence-electron chi connectivity index (χ2n) is 5.15. The van der Waals surface area contributed by atoms with Crippen molar-refractivity contribution >= 4 is 5.82 Å². The number of anilines is 1. The molecule has 1 atom stereocenters. The van der Waals surface area contributed by atoms with Crippen LogP contribution in [-0.2, 0) is 6.54 Å². The molecule has 2 heterocycles. The predicted molar refractivity (Wildman–Crippen MR) is 78.3 cm³/mol. The standard InChI is InChI=1S/C15H25N3O/c1-2-16-11-13-7-6-9-17-15(13)18-10-5-3-4-8-14(18)12-19/h6-7,9,14,16,19H,2-5,8,10-12H2,1H3. The summed E-state index contributed by atoms with van der Waals surface area (Å²) in [5.74, 6) is 1.05. The second-order valence-corrected chi connectivity index (χ2v) is 5.15. The first kappa shape index (κ1) is 14.3. The molecule has 0 amide bonds. The molecule has 1 saturated heterocycles. The van der Waals surface area contributed by atoms with Crippen LogP contribution >= 0.6 is 0 Å². The zero-order valence-corrected chi connectivity index (χ0v) is 11.8. The van der Waals surface area contributed by atoms with Gasteiger partial charge in [-0.3, -0.25) is 0 Å². The molecule has 4 nitrogen and oxygen atoms in total. The van der Waals surface area contributed by atoms with E-state index in [1.807, 2.05) is 12.3 Å². The van der Waals surface area contributed by atoms with Crippen molar-refractivity contribution in [2.45, 2.75) is 45.2 Å². The second kappa shape index (κ2) is 7.46. The Hall–Kier alpha value is -1.13. The molecule has 1 fully saturated rings. The molecule has 2 rings (SSSR count). The molecule has 19 heavy (non-hydrogen) atoms. The van der Waals surface area contributed by atoms with Gasteiger partial charge in [-0.1, -0.05) is 25.8 Å². The Kier molecular flexibility index (Phi) is 5.61. The Morgan fingerprint density at radius 2 is 2.32 bits per heavy atom. The summed E-state index contributed by atoms with van der Waals surface area (Å²) in [7, 11) is 0. The van der Waals surface area contributed by atoms with Gasteiger partial charge in [0.2, 0.25) is 0 Å². The summed E-state index contributed by atoms with van der Waals surface area (Å²) in [6.45, 7) is 5.13. The molecule has 0 aliphatic carbocycles. The fourth-order valence-electron chi connectivity index (χ4n) is 2.73. The number of rotatable bonds is 5. The van der Waals surface area contributed by atoms with Crippen molar-refractivity contribution in [3.05, 3.63) is 23.9 Å². The molecule has 0 radical (unpaired) electrons. The van der Waals surface area contributed by atoms with Crippen molar-refractivity contribution in [3.8, 4) is 0 Å². The number of hydrogen-bond donors (Lipinski definition) is 2. The quantitative estimate of drug-likeness (QED) is 0.852. The largest absolute Gasteiger partial charge is 0.394 e. The van der Waals surface area contributed by atoms with E-state index in [9.17, 15) is 5.11 Å². The molecule has 1 unspecified atom stereocenters. The van der Waals surface area contributed by atoms with E-state index in [-0.39, 0.29) is 12.6 Å². The highest BCUT2D eigenvalue weighted by Gasteiger charge is 2.23. The highest BCUT2D eigenvalue weighted by Crippen LogP contribution is 2.25. The smallest absolute Gasteiger partial charge is 0.133 e. The average molecular weight is 263 g/mol. The number of aliphatic hydroxyl groups is 1. The highest BCUT2D eigenvalue weighted by molar-refractivity contribution is 5.48. The molecule has 1 aliphatic rings. The molecule has 2 N–H and O–H groups in total. The number of hydrogen-bond acceptors (Lipinski definition) is 4. The van der Waals surface area contributed by atoms with Crippen LogP contribution in [0, 0.1) is 0 Å². The zero-order valence-electron chi connectivity index (χ0n) is 11.8. The van der Waals surface area contributed by atoms with Gasteiger partial charge in [-0.15, -0.1) is 0 Å². The fraction of sp³-hybridized carbons (Fsp3) is 0.667. The van der Waals surface area contributed by atoms with Gasteiger partial charge in [0, 0.05) is 24.8 Å². The molecule has 106 valence electrons. The molecular weight excluding hydrogens is 238 g/mol. The lowest BCUT2D eigenvalue weighted by Crippen LogP contribution is -2.39. The first-order valence-electron chi connectivity index (χ1n) is 7.39. The van der Waals surface area contributed by atoms with Crippen molar-refractivity contribution in [2.75, 3.05) is 24.6 Å². The number of pyridine rings is 1. The average Bonchev–Trinajstić information content (AvgIpc) is 2.70. The van der Waals surface area contributed by atoms with Gasteiger partial charge in [0.1, 0.15) is 5.82 Å². The third-order valence-electron chi connectivity index (χ3n) is 3.79. The Labute approximate surface area is 115 Å². The van der Waals surface area contributed by atoms with E-state index in [1.165, 1.54) is 24.8 Å². The van der Waals surface area contributed by atoms with Gasteiger partial charge in [-0.2, -0.15) is 0 Å². The Balaban J connectivity index is 2.21. The number of aliphatic hydroxyl groups excluding tert-OH is 1. The fourth-order valence-corrected chi connectivity index (χ4v) is 2.73. The lowest BCUT2D eigenvalue weighted by molar-refractivity contribution is 0.254. The first-order valence-corrected chi connectivity index (χ1v) is 7.39. The van der Waals surface area contributed by atoms with Crippen molar-refractivity contribution in [1.82, 2.24) is 10.3 Å². The predicted octanol–water partition coefficient (Wildman–Crippen LogP) is 1.93. The number of nitrogens with zero attached hydrogens (tertiary/aromatic N) is 2. The van der Waals surface area contributed by atoms with Gasteiger partial charge >= 0.3 is 0 Å². The molecule has 1 aromatic rings. The Morgan fingerprint density at radius 1 is 1.42 bits per heavy atom. The lowest BCUT2D eigenvalue weighted by atomic mass is 10.1. The van der Waals surface area contributed by atoms with Gasteiger partial charge in [0.05, 0.1) is 12.6 Å². The van der Waals surface area contributed by atoms with E-state index >= 15 is 0 Å². The molecule has 1 aliphatic heterocycles. The topological polar surface area (TPSA) is 48.4 Å². The Bertz CT molecular complexity index is 383. The van der Waals surface area contributed by atoms with Crippen LogP contribution in [-0.4, -0.2) is 35.8 Å². The number of nitrogens with one attached hydrogen (secondary N) is 1. The minimum absolute atomic E-state index is 0.219. The van der Waals surface area contributed by atoms with Gasteiger partial charge in [-0.25, -0.2) is 4.98 Å². The normalized spacial score (nSPS) is 20.3. The van der Waals surface area contributed by atoms with Gasteiger partial charge in [0.15, 0.2) is 0 Å². The summed E-state index contributed by atoms with van der Waals surface area (Å²) < 4.78 is 0. The molecule has 0 spiro atoms. The third kappa shape index (κ3) is 3.67. The molecule has 4 heteroatoms. The third-order valence-corrected chi connectivity index (χ3v) is 3.79. The van der Waals surface area contributed by atoms with Crippen LogP contribution in [0.25, 0.3) is 0 Å². The molecule has 0 aromatic carbocycles. The van der Waals surface area contributed by atoms with E-state index < -0.39 is 0 Å². The van der Waals surface area contributed by atoms with E-state index in [2.05, 4.69) is 28.2 Å². The van der Waals surface area contributed by atoms with Crippen LogP contribution < -0.4 is 10.2 Å². The minimum Gasteiger partial charge on any atom is -0.394 e. The van der Waals surface area contributed by atoms with Crippen LogP contribution in [0.1, 0.15) is 38.2 Å². The van der Waals surface area contributed by atoms with E-state index in [4.69, 9.17) is 0 Å². The summed E-state index contributed by atoms with van der Waals surface area (Å²) in [6, 6.07) is 4.34. The molecular formula is C15H25N3O. The summed E-state index contributed by atoms with van der Waals surface area (Å²) in [4.78, 5) is 6.88. The van der Waals surface area contributed by atoms with E-state index in [0.717, 1.165) is 31.9 Å². The van der Waals surface area contributed by atoms with Crippen molar-refractivity contribution < 1.29 is 5.11 Å². The van der Waals surface area contributed by atoms with Crippen LogP contribution in [0.3, 0.4) is 0 Å². The highest BCUT2D eigenvalue weighted by atomic mass is 16.3. The van der Waals surface area contributed by atoms with Crippen LogP contribution in [0.5, 0.6) is 0 Å². The van der Waals surface area contributed by atoms with Gasteiger partial charge in [0.25, 0.3) is 0 Å². The van der Waals surface area contributed by atoms with Crippen molar-refractivity contribution in [3.63, 3.8) is 0 Å². The minimum atomic E-state index is 0.219. The summed E-state index contributed by atoms with van der Waals surface area (Å²) in [6.07, 6.45) is 6.56. The lowest BCUT2D eigenvalue weighted by Gasteiger charge is -2.31. The summed E-state index contributed by atoms with van der Waals surface area (Å²) in [5.41, 5.74) is 1.23. The van der Waals surface area contributed by atoms with Crippen LogP contribution in [0.2, 0.25) is 0 Å². The molecule has 1 aromatic heterocycles. The zero-order chi connectivity index (χ0) is 13.5. The SMILES string of the molecule is CCNCc1cccnc1N1CCCCCC1CO. The maximum Gasteiger partial charge on any atom is 0.133 e. The van der Waals surface area contributed by atoms with Crippen molar-refractivity contribution in [1.29, 1.82) is 0 Å². The van der Waals surface area contributed by atoms with E-state index in [0.29, 0.717) is 0 Å². The first-order chi connectivity index (χ1) is 9.36. The number of aromatic nitrogens is 1. The monoisotopic (exact) mass is 263 g/mol. The molecule has 0 bridgehead atoms. The summed E-state index contributed by atoms with van der Waals surface area (Å²) in [5, 5.41) is 13.0. The maximum absolute atomic E-state index is 9.63. The van der Waals surface area contributed by atoms with Crippen LogP contribution in [0.15, 0.2) is 18.3 Å². The van der Waals surface area contributed by atoms with Gasteiger partial charge < -0.3 is 15.3 Å². The van der Waals surface area contributed by atoms with Crippen LogP contribution in [0.4, 0.5) is 5.82 Å². The maximum atomic E-state index is 9.63.